The van der Waals surface area contributed by atoms with E-state index in [0.717, 1.165) is 40.6 Å². The highest BCUT2D eigenvalue weighted by Crippen LogP contribution is 2.30. The molecule has 0 radical (unpaired) electrons. The van der Waals surface area contributed by atoms with Crippen LogP contribution in [0, 0.1) is 0 Å². The van der Waals surface area contributed by atoms with Crippen LogP contribution >= 0.6 is 0 Å². The summed E-state index contributed by atoms with van der Waals surface area (Å²) in [6.07, 6.45) is 2.07. The second-order valence-electron chi connectivity index (χ2n) is 13.0. The van der Waals surface area contributed by atoms with Crippen molar-refractivity contribution in [3.8, 4) is 0 Å². The van der Waals surface area contributed by atoms with Gasteiger partial charge >= 0.3 is 23.8 Å². The highest BCUT2D eigenvalue weighted by atomic mass is 19.3. The second-order valence-corrected chi connectivity index (χ2v) is 13.0. The molecule has 14 nitrogen and oxygen atoms in total. The average Bonchev–Trinajstić information content (AvgIpc) is 3.13. The zero-order chi connectivity index (χ0) is 38.8. The maximum absolute atomic E-state index is 14.0. The SMILES string of the molecule is NC(=O)C[C@H](NC(=O)C1(NC(=O)[C@H](Cc2ccc(C(F)(F)C(=O)O)cc2)NC(=O)C(=O)O)CCCCC1)C(=O)NCCCc1cccc2ccccc12. The Bertz CT molecular complexity index is 1860. The third kappa shape index (κ3) is 10.3. The molecular formula is C37H41F2N5O9. The molecule has 0 bridgehead atoms. The summed E-state index contributed by atoms with van der Waals surface area (Å²) in [5.41, 5.74) is 4.17. The van der Waals surface area contributed by atoms with Crippen molar-refractivity contribution in [3.05, 3.63) is 83.4 Å². The van der Waals surface area contributed by atoms with Crippen LogP contribution in [0.15, 0.2) is 66.7 Å². The van der Waals surface area contributed by atoms with Crippen LogP contribution in [0.1, 0.15) is 61.6 Å². The molecule has 4 rings (SSSR count). The van der Waals surface area contributed by atoms with Crippen LogP contribution in [-0.4, -0.2) is 75.9 Å². The smallest absolute Gasteiger partial charge is 0.394 e. The Labute approximate surface area is 302 Å². The molecule has 3 aromatic rings. The standard InChI is InChI=1S/C37H41F2N5O9/c38-37(39,35(52)53)25-15-13-22(14-16-25)20-27(42-32(48)33(49)50)31(47)44-36(17-4-1-5-18-36)34(51)43-28(21-29(40)45)30(46)41-19-7-11-24-10-6-9-23-8-2-3-12-26(23)24/h2-3,6,8-10,12-16,27-28H,1,4-5,7,11,17-21H2,(H2,40,45)(H,41,46)(H,42,48)(H,43,51)(H,44,47)(H,49,50)(H,52,53)/t27-,28-/m0/s1. The molecule has 1 aliphatic rings. The lowest BCUT2D eigenvalue weighted by Gasteiger charge is -2.38. The van der Waals surface area contributed by atoms with Crippen molar-refractivity contribution in [2.75, 3.05) is 6.54 Å². The fourth-order valence-electron chi connectivity index (χ4n) is 6.36. The minimum atomic E-state index is -4.20. The molecule has 3 aromatic carbocycles. The number of fused-ring (bicyclic) bond motifs is 1. The summed E-state index contributed by atoms with van der Waals surface area (Å²) in [5, 5.41) is 30.2. The van der Waals surface area contributed by atoms with E-state index in [0.29, 0.717) is 32.1 Å². The molecule has 1 aliphatic carbocycles. The van der Waals surface area contributed by atoms with Gasteiger partial charge in [0.1, 0.15) is 17.6 Å². The van der Waals surface area contributed by atoms with Crippen LogP contribution in [-0.2, 0) is 52.3 Å². The van der Waals surface area contributed by atoms with Crippen molar-refractivity contribution < 1.29 is 52.6 Å². The number of carbonyl (C=O) groups is 7. The molecule has 1 saturated carbocycles. The number of rotatable bonds is 16. The van der Waals surface area contributed by atoms with Crippen LogP contribution in [0.5, 0.6) is 0 Å². The van der Waals surface area contributed by atoms with E-state index in [4.69, 9.17) is 10.8 Å². The normalized spacial score (nSPS) is 15.0. The van der Waals surface area contributed by atoms with Crippen LogP contribution in [0.3, 0.4) is 0 Å². The van der Waals surface area contributed by atoms with Gasteiger partial charge in [-0.3, -0.25) is 24.0 Å². The fourth-order valence-corrected chi connectivity index (χ4v) is 6.36. The molecule has 16 heteroatoms. The Hall–Kier alpha value is -5.93. The number of amides is 5. The molecular weight excluding hydrogens is 696 g/mol. The van der Waals surface area contributed by atoms with Gasteiger partial charge in [0, 0.05) is 18.5 Å². The monoisotopic (exact) mass is 737 g/mol. The number of hydrogen-bond acceptors (Lipinski definition) is 7. The highest BCUT2D eigenvalue weighted by molar-refractivity contribution is 6.32. The Kier molecular flexibility index (Phi) is 13.2. The Morgan fingerprint density at radius 3 is 2.11 bits per heavy atom. The Balaban J connectivity index is 1.47. The zero-order valence-corrected chi connectivity index (χ0v) is 28.7. The van der Waals surface area contributed by atoms with E-state index in [1.165, 1.54) is 0 Å². The number of halogens is 2. The van der Waals surface area contributed by atoms with Crippen molar-refractivity contribution in [1.82, 2.24) is 21.3 Å². The summed E-state index contributed by atoms with van der Waals surface area (Å²) in [4.78, 5) is 87.3. The lowest BCUT2D eigenvalue weighted by atomic mass is 9.80. The van der Waals surface area contributed by atoms with Crippen molar-refractivity contribution in [2.24, 2.45) is 5.73 Å². The molecule has 0 aromatic heterocycles. The predicted octanol–water partition coefficient (Wildman–Crippen LogP) is 2.06. The number of benzene rings is 3. The fraction of sp³-hybridized carbons (Fsp3) is 0.378. The molecule has 282 valence electrons. The lowest BCUT2D eigenvalue weighted by molar-refractivity contribution is -0.166. The van der Waals surface area contributed by atoms with Gasteiger partial charge in [-0.25, -0.2) is 9.59 Å². The number of alkyl halides is 2. The average molecular weight is 738 g/mol. The first-order valence-electron chi connectivity index (χ1n) is 17.0. The maximum atomic E-state index is 14.0. The summed E-state index contributed by atoms with van der Waals surface area (Å²) in [6.45, 7) is 0.217. The number of carbonyl (C=O) groups excluding carboxylic acids is 5. The number of nitrogens with one attached hydrogen (secondary N) is 4. The number of carboxylic acids is 2. The quantitative estimate of drug-likeness (QED) is 0.0841. The third-order valence-electron chi connectivity index (χ3n) is 9.17. The minimum absolute atomic E-state index is 0.0963. The number of carboxylic acid groups (broad SMARTS) is 2. The summed E-state index contributed by atoms with van der Waals surface area (Å²) >= 11 is 0. The lowest BCUT2D eigenvalue weighted by Crippen LogP contribution is -2.65. The van der Waals surface area contributed by atoms with Gasteiger partial charge in [0.25, 0.3) is 0 Å². The first-order valence-corrected chi connectivity index (χ1v) is 17.0. The molecule has 0 heterocycles. The zero-order valence-electron chi connectivity index (χ0n) is 28.7. The first-order chi connectivity index (χ1) is 25.1. The molecule has 2 atom stereocenters. The molecule has 5 amide bonds. The van der Waals surface area contributed by atoms with Crippen molar-refractivity contribution in [1.29, 1.82) is 0 Å². The predicted molar refractivity (Wildman–Crippen MR) is 186 cm³/mol. The van der Waals surface area contributed by atoms with Crippen LogP contribution < -0.4 is 27.0 Å². The van der Waals surface area contributed by atoms with Gasteiger partial charge in [-0.1, -0.05) is 86.0 Å². The molecule has 0 spiro atoms. The largest absolute Gasteiger partial charge is 0.477 e. The summed E-state index contributed by atoms with van der Waals surface area (Å²) in [6, 6.07) is 14.7. The van der Waals surface area contributed by atoms with E-state index >= 15 is 0 Å². The van der Waals surface area contributed by atoms with Crippen molar-refractivity contribution in [2.45, 2.75) is 81.3 Å². The van der Waals surface area contributed by atoms with Gasteiger partial charge in [-0.05, 0) is 47.6 Å². The molecule has 0 aliphatic heterocycles. The van der Waals surface area contributed by atoms with Gasteiger partial charge in [-0.15, -0.1) is 0 Å². The molecule has 0 saturated heterocycles. The Morgan fingerprint density at radius 1 is 0.811 bits per heavy atom. The maximum Gasteiger partial charge on any atom is 0.394 e. The number of nitrogens with two attached hydrogens (primary N) is 1. The highest BCUT2D eigenvalue weighted by Gasteiger charge is 2.44. The summed E-state index contributed by atoms with van der Waals surface area (Å²) in [7, 11) is 0. The van der Waals surface area contributed by atoms with Gasteiger partial charge in [0.2, 0.25) is 23.6 Å². The first kappa shape index (κ1) is 39.8. The third-order valence-corrected chi connectivity index (χ3v) is 9.17. The Morgan fingerprint density at radius 2 is 1.47 bits per heavy atom. The van der Waals surface area contributed by atoms with Crippen LogP contribution in [0.2, 0.25) is 0 Å². The van der Waals surface area contributed by atoms with E-state index < -0.39 is 83.4 Å². The van der Waals surface area contributed by atoms with Crippen LogP contribution in [0.4, 0.5) is 8.78 Å². The summed E-state index contributed by atoms with van der Waals surface area (Å²) in [5.74, 6) is -13.4. The topological polar surface area (TPSA) is 234 Å². The van der Waals surface area contributed by atoms with E-state index in [1.54, 1.807) is 0 Å². The van der Waals surface area contributed by atoms with Gasteiger partial charge in [0.15, 0.2) is 0 Å². The molecule has 8 N–H and O–H groups in total. The summed E-state index contributed by atoms with van der Waals surface area (Å²) < 4.78 is 27.9. The van der Waals surface area contributed by atoms with E-state index in [1.807, 2.05) is 42.5 Å². The molecule has 0 unspecified atom stereocenters. The molecule has 53 heavy (non-hydrogen) atoms. The minimum Gasteiger partial charge on any atom is -0.477 e. The van der Waals surface area contributed by atoms with E-state index in [-0.39, 0.29) is 24.9 Å². The second kappa shape index (κ2) is 17.5. The number of aliphatic carboxylic acids is 2. The molecule has 1 fully saturated rings. The van der Waals surface area contributed by atoms with Gasteiger partial charge < -0.3 is 37.2 Å². The number of primary amides is 1. The van der Waals surface area contributed by atoms with E-state index in [9.17, 15) is 47.4 Å². The van der Waals surface area contributed by atoms with Crippen molar-refractivity contribution in [3.63, 3.8) is 0 Å². The number of aryl methyl sites for hydroxylation is 1. The van der Waals surface area contributed by atoms with Gasteiger partial charge in [0.05, 0.1) is 6.42 Å². The van der Waals surface area contributed by atoms with Crippen LogP contribution in [0.25, 0.3) is 10.8 Å². The number of hydrogen-bond donors (Lipinski definition) is 7. The van der Waals surface area contributed by atoms with Crippen molar-refractivity contribution >= 4 is 52.2 Å². The van der Waals surface area contributed by atoms with E-state index in [2.05, 4.69) is 21.3 Å². The van der Waals surface area contributed by atoms with Gasteiger partial charge in [-0.2, -0.15) is 8.78 Å².